The van der Waals surface area contributed by atoms with E-state index in [4.69, 9.17) is 0 Å². The zero-order chi connectivity index (χ0) is 24.0. The number of H-pyrrole nitrogens is 1. The second kappa shape index (κ2) is 8.38. The molecule has 2 aromatic carbocycles. The number of hydrogen-bond donors (Lipinski definition) is 1. The van der Waals surface area contributed by atoms with Crippen LogP contribution in [0, 0.1) is 6.92 Å². The molecule has 7 nitrogen and oxygen atoms in total. The first-order valence-corrected chi connectivity index (χ1v) is 12.1. The number of nitrogens with one attached hydrogen (secondary N) is 1. The summed E-state index contributed by atoms with van der Waals surface area (Å²) in [6.45, 7) is 9.70. The minimum absolute atomic E-state index is 0.0256. The number of benzene rings is 2. The number of rotatable bonds is 6. The SMILES string of the molecule is CCCC(C)(CCC)c1nnc2c(=O)[nH]c3cc(C(=O)N4Cc5ccccc5C4)c(C)cc3n12. The van der Waals surface area contributed by atoms with Gasteiger partial charge in [-0.2, -0.15) is 0 Å². The lowest BCUT2D eigenvalue weighted by molar-refractivity contribution is 0.0751. The highest BCUT2D eigenvalue weighted by Crippen LogP contribution is 2.34. The Labute approximate surface area is 198 Å². The van der Waals surface area contributed by atoms with E-state index in [0.717, 1.165) is 42.6 Å². The highest BCUT2D eigenvalue weighted by molar-refractivity contribution is 5.99. The third-order valence-corrected chi connectivity index (χ3v) is 7.20. The Morgan fingerprint density at radius 2 is 1.71 bits per heavy atom. The fourth-order valence-corrected chi connectivity index (χ4v) is 5.54. The van der Waals surface area contributed by atoms with Gasteiger partial charge in [0, 0.05) is 24.1 Å². The molecule has 0 saturated carbocycles. The van der Waals surface area contributed by atoms with Crippen LogP contribution in [-0.4, -0.2) is 30.4 Å². The molecule has 0 bridgehead atoms. The molecule has 3 heterocycles. The van der Waals surface area contributed by atoms with Gasteiger partial charge in [-0.3, -0.25) is 14.0 Å². The van der Waals surface area contributed by atoms with Crippen LogP contribution < -0.4 is 5.56 Å². The summed E-state index contributed by atoms with van der Waals surface area (Å²) in [5.74, 6) is 0.790. The molecule has 0 atom stereocenters. The molecule has 34 heavy (non-hydrogen) atoms. The van der Waals surface area contributed by atoms with Crippen molar-refractivity contribution >= 4 is 22.6 Å². The second-order valence-corrected chi connectivity index (χ2v) is 9.81. The molecule has 2 aromatic heterocycles. The first-order chi connectivity index (χ1) is 16.4. The lowest BCUT2D eigenvalue weighted by Gasteiger charge is -2.27. The third-order valence-electron chi connectivity index (χ3n) is 7.20. The van der Waals surface area contributed by atoms with E-state index >= 15 is 0 Å². The van der Waals surface area contributed by atoms with Crippen LogP contribution in [0.1, 0.15) is 79.3 Å². The van der Waals surface area contributed by atoms with E-state index in [2.05, 4.69) is 48.1 Å². The summed E-state index contributed by atoms with van der Waals surface area (Å²) in [7, 11) is 0. The van der Waals surface area contributed by atoms with E-state index in [1.807, 2.05) is 40.5 Å². The molecule has 0 radical (unpaired) electrons. The van der Waals surface area contributed by atoms with Gasteiger partial charge >= 0.3 is 0 Å². The topological polar surface area (TPSA) is 83.4 Å². The van der Waals surface area contributed by atoms with Gasteiger partial charge in [0.15, 0.2) is 0 Å². The van der Waals surface area contributed by atoms with Crippen molar-refractivity contribution in [1.29, 1.82) is 0 Å². The van der Waals surface area contributed by atoms with Crippen molar-refractivity contribution in [2.45, 2.75) is 71.9 Å². The molecule has 7 heteroatoms. The molecule has 1 aliphatic heterocycles. The van der Waals surface area contributed by atoms with Crippen LogP contribution in [0.3, 0.4) is 0 Å². The van der Waals surface area contributed by atoms with Crippen LogP contribution in [0.25, 0.3) is 16.7 Å². The first-order valence-electron chi connectivity index (χ1n) is 12.1. The van der Waals surface area contributed by atoms with Crippen molar-refractivity contribution in [2.24, 2.45) is 0 Å². The van der Waals surface area contributed by atoms with E-state index < -0.39 is 0 Å². The van der Waals surface area contributed by atoms with Crippen LogP contribution in [-0.2, 0) is 18.5 Å². The number of aromatic amines is 1. The summed E-state index contributed by atoms with van der Waals surface area (Å²) < 4.78 is 1.91. The second-order valence-electron chi connectivity index (χ2n) is 9.81. The highest BCUT2D eigenvalue weighted by atomic mass is 16.2. The maximum Gasteiger partial charge on any atom is 0.294 e. The molecular formula is C27H31N5O2. The number of hydrogen-bond acceptors (Lipinski definition) is 4. The van der Waals surface area contributed by atoms with Gasteiger partial charge in [0.25, 0.3) is 11.5 Å². The average molecular weight is 458 g/mol. The van der Waals surface area contributed by atoms with Crippen LogP contribution in [0.4, 0.5) is 0 Å². The molecule has 0 unspecified atom stereocenters. The van der Waals surface area contributed by atoms with Gasteiger partial charge in [0.1, 0.15) is 5.82 Å². The zero-order valence-corrected chi connectivity index (χ0v) is 20.3. The van der Waals surface area contributed by atoms with Crippen molar-refractivity contribution in [3.8, 4) is 0 Å². The smallest absolute Gasteiger partial charge is 0.294 e. The molecule has 0 aliphatic carbocycles. The van der Waals surface area contributed by atoms with Crippen LogP contribution in [0.2, 0.25) is 0 Å². The minimum Gasteiger partial charge on any atom is -0.330 e. The van der Waals surface area contributed by atoms with E-state index in [0.29, 0.717) is 29.8 Å². The summed E-state index contributed by atoms with van der Waals surface area (Å²) in [4.78, 5) is 31.2. The van der Waals surface area contributed by atoms with Gasteiger partial charge in [-0.05, 0) is 48.6 Å². The Morgan fingerprint density at radius 3 is 2.32 bits per heavy atom. The van der Waals surface area contributed by atoms with E-state index in [1.165, 1.54) is 11.1 Å². The molecule has 0 fully saturated rings. The van der Waals surface area contributed by atoms with E-state index in [1.54, 1.807) is 0 Å². The predicted molar refractivity (Wildman–Crippen MR) is 133 cm³/mol. The van der Waals surface area contributed by atoms with Crippen LogP contribution in [0.15, 0.2) is 41.2 Å². The Morgan fingerprint density at radius 1 is 1.06 bits per heavy atom. The van der Waals surface area contributed by atoms with Crippen molar-refractivity contribution < 1.29 is 4.79 Å². The molecule has 1 aliphatic rings. The molecule has 0 saturated heterocycles. The number of aromatic nitrogens is 4. The van der Waals surface area contributed by atoms with Gasteiger partial charge < -0.3 is 9.88 Å². The van der Waals surface area contributed by atoms with Crippen molar-refractivity contribution in [3.63, 3.8) is 0 Å². The van der Waals surface area contributed by atoms with Gasteiger partial charge in [0.05, 0.1) is 11.0 Å². The predicted octanol–water partition coefficient (Wildman–Crippen LogP) is 4.89. The van der Waals surface area contributed by atoms with Crippen LogP contribution >= 0.6 is 0 Å². The maximum absolute atomic E-state index is 13.5. The van der Waals surface area contributed by atoms with Crippen molar-refractivity contribution in [1.82, 2.24) is 24.5 Å². The number of nitrogens with zero attached hydrogens (tertiary/aromatic N) is 4. The van der Waals surface area contributed by atoms with Crippen molar-refractivity contribution in [3.05, 3.63) is 74.8 Å². The Kier molecular flexibility index (Phi) is 5.50. The third kappa shape index (κ3) is 3.50. The number of carbonyl (C=O) groups is 1. The zero-order valence-electron chi connectivity index (χ0n) is 20.3. The largest absolute Gasteiger partial charge is 0.330 e. The summed E-state index contributed by atoms with van der Waals surface area (Å²) in [6, 6.07) is 12.0. The highest BCUT2D eigenvalue weighted by Gasteiger charge is 2.32. The maximum atomic E-state index is 13.5. The lowest BCUT2D eigenvalue weighted by atomic mass is 9.80. The van der Waals surface area contributed by atoms with Gasteiger partial charge in [0.2, 0.25) is 5.65 Å². The number of carbonyl (C=O) groups excluding carboxylic acids is 1. The summed E-state index contributed by atoms with van der Waals surface area (Å²) in [5.41, 5.74) is 5.12. The standard InChI is InChI=1S/C27H31N5O2/c1-5-11-27(4,12-6-2)26-30-29-23-24(33)28-21-14-20(17(3)13-22(21)32(23)26)25(34)31-15-18-9-7-8-10-19(18)16-31/h7-10,13-14H,5-6,11-12,15-16H2,1-4H3,(H,28,33). The van der Waals surface area contributed by atoms with Gasteiger partial charge in [-0.25, -0.2) is 0 Å². The van der Waals surface area contributed by atoms with E-state index in [-0.39, 0.29) is 16.9 Å². The fraction of sp³-hybridized carbons (Fsp3) is 0.407. The average Bonchev–Trinajstić information content (AvgIpc) is 3.45. The summed E-state index contributed by atoms with van der Waals surface area (Å²) in [5, 5.41) is 8.77. The minimum atomic E-state index is -0.294. The number of amides is 1. The number of fused-ring (bicyclic) bond motifs is 4. The fourth-order valence-electron chi connectivity index (χ4n) is 5.54. The molecule has 1 N–H and O–H groups in total. The Bertz CT molecular complexity index is 1430. The normalized spacial score (nSPS) is 13.7. The quantitative estimate of drug-likeness (QED) is 0.447. The van der Waals surface area contributed by atoms with E-state index in [9.17, 15) is 9.59 Å². The molecule has 1 amide bonds. The molecule has 176 valence electrons. The monoisotopic (exact) mass is 457 g/mol. The van der Waals surface area contributed by atoms with Crippen molar-refractivity contribution in [2.75, 3.05) is 0 Å². The van der Waals surface area contributed by atoms with Gasteiger partial charge in [-0.15, -0.1) is 10.2 Å². The van der Waals surface area contributed by atoms with Gasteiger partial charge in [-0.1, -0.05) is 57.9 Å². The molecule has 4 aromatic rings. The molecular weight excluding hydrogens is 426 g/mol. The first kappa shape index (κ1) is 22.3. The Hall–Kier alpha value is -3.48. The molecule has 5 rings (SSSR count). The summed E-state index contributed by atoms with van der Waals surface area (Å²) >= 11 is 0. The lowest BCUT2D eigenvalue weighted by Crippen LogP contribution is -2.27. The molecule has 0 spiro atoms. The summed E-state index contributed by atoms with van der Waals surface area (Å²) in [6.07, 6.45) is 3.95. The number of aryl methyl sites for hydroxylation is 1. The Balaban J connectivity index is 1.64. The van der Waals surface area contributed by atoms with Crippen LogP contribution in [0.5, 0.6) is 0 Å².